The molecular weight excluding hydrogens is 495 g/mol. The maximum absolute atomic E-state index is 5.92. The Morgan fingerprint density at radius 2 is 2.00 bits per heavy atom. The second-order valence-electron chi connectivity index (χ2n) is 5.74. The van der Waals surface area contributed by atoms with Crippen LogP contribution in [0.15, 0.2) is 47.8 Å². The molecule has 0 radical (unpaired) electrons. The molecule has 144 valence electrons. The van der Waals surface area contributed by atoms with E-state index in [9.17, 15) is 0 Å². The molecule has 0 bridgehead atoms. The van der Waals surface area contributed by atoms with Crippen LogP contribution < -0.4 is 10.6 Å². The first-order chi connectivity index (χ1) is 12.6. The van der Waals surface area contributed by atoms with E-state index in [1.165, 1.54) is 4.88 Å². The molecule has 0 saturated heterocycles. The summed E-state index contributed by atoms with van der Waals surface area (Å²) in [5.41, 5.74) is 2.04. The molecule has 0 aliphatic rings. The van der Waals surface area contributed by atoms with Crippen molar-refractivity contribution in [3.8, 4) is 5.69 Å². The summed E-state index contributed by atoms with van der Waals surface area (Å²) in [7, 11) is 1.76. The SMILES string of the molecule is CN=C(NCCc1ncc(C)s1)NCc1cnn(-c2ccc(Cl)cc2)c1.I. The van der Waals surface area contributed by atoms with Crippen LogP contribution >= 0.6 is 46.9 Å². The van der Waals surface area contributed by atoms with E-state index in [1.807, 2.05) is 47.5 Å². The number of benzene rings is 1. The number of aliphatic imine (C=N–C) groups is 1. The first-order valence-electron chi connectivity index (χ1n) is 8.29. The van der Waals surface area contributed by atoms with Gasteiger partial charge in [-0.3, -0.25) is 4.99 Å². The van der Waals surface area contributed by atoms with Gasteiger partial charge >= 0.3 is 0 Å². The fourth-order valence-corrected chi connectivity index (χ4v) is 3.31. The van der Waals surface area contributed by atoms with Crippen molar-refractivity contribution in [1.29, 1.82) is 0 Å². The smallest absolute Gasteiger partial charge is 0.191 e. The molecule has 0 aliphatic carbocycles. The molecule has 2 aromatic heterocycles. The number of nitrogens with one attached hydrogen (secondary N) is 2. The van der Waals surface area contributed by atoms with E-state index in [2.05, 4.69) is 32.6 Å². The first kappa shape index (κ1) is 21.6. The van der Waals surface area contributed by atoms with Crippen LogP contribution in [0.2, 0.25) is 5.02 Å². The van der Waals surface area contributed by atoms with Gasteiger partial charge in [0.2, 0.25) is 0 Å². The van der Waals surface area contributed by atoms with Crippen LogP contribution in [0.25, 0.3) is 5.69 Å². The molecule has 9 heteroatoms. The van der Waals surface area contributed by atoms with Gasteiger partial charge in [0.1, 0.15) is 0 Å². The van der Waals surface area contributed by atoms with Gasteiger partial charge in [-0.1, -0.05) is 11.6 Å². The highest BCUT2D eigenvalue weighted by molar-refractivity contribution is 14.0. The highest BCUT2D eigenvalue weighted by Crippen LogP contribution is 2.13. The second-order valence-corrected chi connectivity index (χ2v) is 7.49. The minimum atomic E-state index is 0. The van der Waals surface area contributed by atoms with Crippen molar-refractivity contribution >= 4 is 52.9 Å². The molecule has 0 atom stereocenters. The number of thiazole rings is 1. The van der Waals surface area contributed by atoms with Crippen LogP contribution in [0.3, 0.4) is 0 Å². The molecule has 0 unspecified atom stereocenters. The summed E-state index contributed by atoms with van der Waals surface area (Å²) in [4.78, 5) is 9.85. The van der Waals surface area contributed by atoms with Crippen LogP contribution in [-0.4, -0.2) is 34.3 Å². The van der Waals surface area contributed by atoms with Gasteiger partial charge in [-0.25, -0.2) is 9.67 Å². The summed E-state index contributed by atoms with van der Waals surface area (Å²) in [5.74, 6) is 0.762. The van der Waals surface area contributed by atoms with E-state index in [4.69, 9.17) is 11.6 Å². The lowest BCUT2D eigenvalue weighted by molar-refractivity contribution is 0.791. The predicted octanol–water partition coefficient (Wildman–Crippen LogP) is 3.82. The molecule has 0 aliphatic heterocycles. The molecule has 0 fully saturated rings. The number of aryl methyl sites for hydroxylation is 1. The Balaban J connectivity index is 0.00000261. The number of hydrogen-bond donors (Lipinski definition) is 2. The molecule has 6 nitrogen and oxygen atoms in total. The van der Waals surface area contributed by atoms with Crippen LogP contribution in [0.4, 0.5) is 0 Å². The number of guanidine groups is 1. The summed E-state index contributed by atoms with van der Waals surface area (Å²) >= 11 is 7.65. The zero-order chi connectivity index (χ0) is 18.4. The Morgan fingerprint density at radius 3 is 2.67 bits per heavy atom. The Morgan fingerprint density at radius 1 is 1.22 bits per heavy atom. The quantitative estimate of drug-likeness (QED) is 0.297. The molecule has 0 amide bonds. The predicted molar refractivity (Wildman–Crippen MR) is 123 cm³/mol. The monoisotopic (exact) mass is 516 g/mol. The zero-order valence-corrected chi connectivity index (χ0v) is 19.0. The maximum Gasteiger partial charge on any atom is 0.191 e. The third-order valence-electron chi connectivity index (χ3n) is 3.71. The molecule has 3 aromatic rings. The van der Waals surface area contributed by atoms with Crippen LogP contribution in [0.1, 0.15) is 15.4 Å². The largest absolute Gasteiger partial charge is 0.356 e. The molecule has 2 N–H and O–H groups in total. The Kier molecular flexibility index (Phi) is 8.52. The molecule has 0 saturated carbocycles. The fraction of sp³-hybridized carbons (Fsp3) is 0.278. The summed E-state index contributed by atoms with van der Waals surface area (Å²) < 4.78 is 1.83. The normalized spacial score (nSPS) is 11.1. The standard InChI is InChI=1S/C18H21ClN6S.HI/c1-13-9-22-17(26-13)7-8-21-18(20-2)23-10-14-11-24-25(12-14)16-5-3-15(19)4-6-16;/h3-6,9,11-12H,7-8,10H2,1-2H3,(H2,20,21,23);1H. The molecule has 0 spiro atoms. The van der Waals surface area contributed by atoms with Crippen LogP contribution in [0.5, 0.6) is 0 Å². The van der Waals surface area contributed by atoms with Gasteiger partial charge in [-0.2, -0.15) is 5.10 Å². The Bertz CT molecular complexity index is 874. The van der Waals surface area contributed by atoms with Crippen molar-refractivity contribution < 1.29 is 0 Å². The van der Waals surface area contributed by atoms with Gasteiger partial charge < -0.3 is 10.6 Å². The number of rotatable bonds is 6. The molecule has 2 heterocycles. The van der Waals surface area contributed by atoms with Gasteiger partial charge in [-0.15, -0.1) is 35.3 Å². The summed E-state index contributed by atoms with van der Waals surface area (Å²) in [5, 5.41) is 12.8. The lowest BCUT2D eigenvalue weighted by Crippen LogP contribution is -2.37. The summed E-state index contributed by atoms with van der Waals surface area (Å²) in [6, 6.07) is 7.58. The van der Waals surface area contributed by atoms with Crippen molar-refractivity contribution in [3.05, 3.63) is 63.3 Å². The second kappa shape index (κ2) is 10.6. The third-order valence-corrected chi connectivity index (χ3v) is 4.94. The summed E-state index contributed by atoms with van der Waals surface area (Å²) in [6.45, 7) is 3.50. The van der Waals surface area contributed by atoms with Crippen molar-refractivity contribution in [2.24, 2.45) is 4.99 Å². The average Bonchev–Trinajstić information content (AvgIpc) is 3.28. The van der Waals surface area contributed by atoms with Crippen molar-refractivity contribution in [1.82, 2.24) is 25.4 Å². The molecule has 27 heavy (non-hydrogen) atoms. The fourth-order valence-electron chi connectivity index (χ4n) is 2.40. The third kappa shape index (κ3) is 6.47. The van der Waals surface area contributed by atoms with Gasteiger partial charge in [0.15, 0.2) is 5.96 Å². The maximum atomic E-state index is 5.92. The van der Waals surface area contributed by atoms with E-state index < -0.39 is 0 Å². The minimum absolute atomic E-state index is 0. The van der Waals surface area contributed by atoms with Crippen molar-refractivity contribution in [2.75, 3.05) is 13.6 Å². The van der Waals surface area contributed by atoms with E-state index in [0.717, 1.165) is 35.2 Å². The molecular formula is C18H22ClIN6S. The van der Waals surface area contributed by atoms with E-state index in [0.29, 0.717) is 11.6 Å². The van der Waals surface area contributed by atoms with Crippen LogP contribution in [-0.2, 0) is 13.0 Å². The van der Waals surface area contributed by atoms with Gasteiger partial charge in [-0.05, 0) is 31.2 Å². The van der Waals surface area contributed by atoms with E-state index in [-0.39, 0.29) is 24.0 Å². The lowest BCUT2D eigenvalue weighted by atomic mass is 10.3. The number of aromatic nitrogens is 3. The van der Waals surface area contributed by atoms with E-state index >= 15 is 0 Å². The van der Waals surface area contributed by atoms with Crippen molar-refractivity contribution in [3.63, 3.8) is 0 Å². The number of halogens is 2. The molecule has 3 rings (SSSR count). The van der Waals surface area contributed by atoms with Gasteiger partial charge in [0, 0.05) is 54.4 Å². The number of nitrogens with zero attached hydrogens (tertiary/aromatic N) is 4. The lowest BCUT2D eigenvalue weighted by Gasteiger charge is -2.10. The summed E-state index contributed by atoms with van der Waals surface area (Å²) in [6.07, 6.45) is 6.62. The Labute approximate surface area is 185 Å². The highest BCUT2D eigenvalue weighted by Gasteiger charge is 2.04. The zero-order valence-electron chi connectivity index (χ0n) is 15.1. The first-order valence-corrected chi connectivity index (χ1v) is 9.49. The van der Waals surface area contributed by atoms with Gasteiger partial charge in [0.25, 0.3) is 0 Å². The van der Waals surface area contributed by atoms with E-state index in [1.54, 1.807) is 18.4 Å². The topological polar surface area (TPSA) is 67.1 Å². The average molecular weight is 517 g/mol. The van der Waals surface area contributed by atoms with Gasteiger partial charge in [0.05, 0.1) is 16.9 Å². The van der Waals surface area contributed by atoms with Crippen molar-refractivity contribution in [2.45, 2.75) is 19.9 Å². The Hall–Kier alpha value is -1.65. The highest BCUT2D eigenvalue weighted by atomic mass is 127. The van der Waals surface area contributed by atoms with Crippen LogP contribution in [0, 0.1) is 6.92 Å². The minimum Gasteiger partial charge on any atom is -0.356 e. The number of hydrogen-bond acceptors (Lipinski definition) is 4. The molecule has 1 aromatic carbocycles.